The maximum atomic E-state index is 13.1. The van der Waals surface area contributed by atoms with Crippen molar-refractivity contribution in [1.82, 2.24) is 10.2 Å². The highest BCUT2D eigenvalue weighted by Gasteiger charge is 2.54. The lowest BCUT2D eigenvalue weighted by atomic mass is 9.84. The summed E-state index contributed by atoms with van der Waals surface area (Å²) in [6.45, 7) is 0.0420. The van der Waals surface area contributed by atoms with Gasteiger partial charge in [0.05, 0.1) is 17.3 Å². The van der Waals surface area contributed by atoms with E-state index >= 15 is 0 Å². The molecule has 0 unspecified atom stereocenters. The van der Waals surface area contributed by atoms with Crippen LogP contribution in [0, 0.1) is 0 Å². The number of sulfone groups is 1. The van der Waals surface area contributed by atoms with Gasteiger partial charge in [-0.2, -0.15) is 0 Å². The van der Waals surface area contributed by atoms with Gasteiger partial charge in [-0.05, 0) is 30.3 Å². The summed E-state index contributed by atoms with van der Waals surface area (Å²) in [6.07, 6.45) is 0.287. The molecule has 2 aliphatic heterocycles. The molecule has 1 fully saturated rings. The van der Waals surface area contributed by atoms with Crippen LogP contribution in [0.3, 0.4) is 0 Å². The van der Waals surface area contributed by atoms with Gasteiger partial charge < -0.3 is 10.1 Å². The van der Waals surface area contributed by atoms with Crippen LogP contribution in [0.5, 0.6) is 5.75 Å². The van der Waals surface area contributed by atoms with Crippen molar-refractivity contribution in [1.29, 1.82) is 0 Å². The second kappa shape index (κ2) is 6.79. The molecule has 0 radical (unpaired) electrons. The molecule has 1 atom stereocenters. The number of imide groups is 1. The highest BCUT2D eigenvalue weighted by Crippen LogP contribution is 2.40. The third kappa shape index (κ3) is 3.02. The Morgan fingerprint density at radius 1 is 1.11 bits per heavy atom. The standard InChI is InChI=1S/C19H17ClN2O5S/c20-13-5-7-14(8-6-13)28(25,26)12-10-22-17(23)19(21-18(22)24)9-11-27-16-4-2-1-3-15(16)19/h1-8H,9-12H2,(H,21,24)/t19-/m1/s1. The lowest BCUT2D eigenvalue weighted by Crippen LogP contribution is -2.47. The van der Waals surface area contributed by atoms with Gasteiger partial charge in [0.2, 0.25) is 0 Å². The van der Waals surface area contributed by atoms with E-state index in [1.165, 1.54) is 24.3 Å². The molecule has 2 heterocycles. The lowest BCUT2D eigenvalue weighted by Gasteiger charge is -2.33. The summed E-state index contributed by atoms with van der Waals surface area (Å²) in [5.74, 6) is -0.292. The number of carbonyl (C=O) groups excluding carboxylic acids is 2. The minimum Gasteiger partial charge on any atom is -0.493 e. The monoisotopic (exact) mass is 420 g/mol. The van der Waals surface area contributed by atoms with Gasteiger partial charge in [0.1, 0.15) is 5.75 Å². The molecule has 2 aromatic carbocycles. The first-order valence-corrected chi connectivity index (χ1v) is 10.7. The summed E-state index contributed by atoms with van der Waals surface area (Å²) in [7, 11) is -3.67. The molecule has 1 spiro atoms. The van der Waals surface area contributed by atoms with E-state index in [1.807, 2.05) is 0 Å². The van der Waals surface area contributed by atoms with Gasteiger partial charge in [-0.3, -0.25) is 9.69 Å². The average Bonchev–Trinajstić information content (AvgIpc) is 2.91. The molecule has 0 aliphatic carbocycles. The molecule has 0 aromatic heterocycles. The van der Waals surface area contributed by atoms with E-state index in [9.17, 15) is 18.0 Å². The van der Waals surface area contributed by atoms with Crippen molar-refractivity contribution in [2.45, 2.75) is 16.9 Å². The van der Waals surface area contributed by atoms with Gasteiger partial charge in [-0.15, -0.1) is 0 Å². The van der Waals surface area contributed by atoms with E-state index in [0.29, 0.717) is 16.3 Å². The molecule has 4 rings (SSSR count). The zero-order valence-electron chi connectivity index (χ0n) is 14.7. The molecular weight excluding hydrogens is 404 g/mol. The number of nitrogens with one attached hydrogen (secondary N) is 1. The summed E-state index contributed by atoms with van der Waals surface area (Å²) >= 11 is 5.79. The summed E-state index contributed by atoms with van der Waals surface area (Å²) in [4.78, 5) is 26.7. The zero-order valence-corrected chi connectivity index (χ0v) is 16.3. The number of ether oxygens (including phenoxy) is 1. The molecule has 0 bridgehead atoms. The third-order valence-electron chi connectivity index (χ3n) is 5.01. The van der Waals surface area contributed by atoms with Gasteiger partial charge in [0, 0.05) is 23.6 Å². The number of urea groups is 1. The van der Waals surface area contributed by atoms with Crippen LogP contribution < -0.4 is 10.1 Å². The summed E-state index contributed by atoms with van der Waals surface area (Å²) in [5, 5.41) is 3.18. The van der Waals surface area contributed by atoms with Gasteiger partial charge >= 0.3 is 6.03 Å². The Bertz CT molecular complexity index is 1050. The van der Waals surface area contributed by atoms with E-state index in [2.05, 4.69) is 5.32 Å². The lowest BCUT2D eigenvalue weighted by molar-refractivity contribution is -0.132. The van der Waals surface area contributed by atoms with Crippen molar-refractivity contribution < 1.29 is 22.7 Å². The van der Waals surface area contributed by atoms with Gasteiger partial charge in [0.15, 0.2) is 15.4 Å². The minimum atomic E-state index is -3.67. The maximum Gasteiger partial charge on any atom is 0.325 e. The topological polar surface area (TPSA) is 92.8 Å². The SMILES string of the molecule is O=C1N[C@@]2(CCOc3ccccc32)C(=O)N1CCS(=O)(=O)c1ccc(Cl)cc1. The van der Waals surface area contributed by atoms with Gasteiger partial charge in [0.25, 0.3) is 5.91 Å². The number of halogens is 1. The van der Waals surface area contributed by atoms with E-state index < -0.39 is 27.3 Å². The first kappa shape index (κ1) is 18.8. The number of benzene rings is 2. The van der Waals surface area contributed by atoms with Crippen LogP contribution >= 0.6 is 11.6 Å². The highest BCUT2D eigenvalue weighted by atomic mass is 35.5. The fourth-order valence-corrected chi connectivity index (χ4v) is 4.88. The zero-order chi connectivity index (χ0) is 19.9. The van der Waals surface area contributed by atoms with Crippen LogP contribution in [-0.2, 0) is 20.2 Å². The molecule has 28 heavy (non-hydrogen) atoms. The number of amides is 3. The molecule has 0 saturated carbocycles. The number of para-hydroxylation sites is 1. The van der Waals surface area contributed by atoms with Crippen molar-refractivity contribution in [3.63, 3.8) is 0 Å². The highest BCUT2D eigenvalue weighted by molar-refractivity contribution is 7.91. The van der Waals surface area contributed by atoms with Crippen molar-refractivity contribution in [2.75, 3.05) is 18.9 Å². The molecule has 146 valence electrons. The van der Waals surface area contributed by atoms with E-state index in [4.69, 9.17) is 16.3 Å². The number of fused-ring (bicyclic) bond motifs is 2. The van der Waals surface area contributed by atoms with Crippen molar-refractivity contribution in [2.24, 2.45) is 0 Å². The van der Waals surface area contributed by atoms with E-state index in [0.717, 1.165) is 4.90 Å². The van der Waals surface area contributed by atoms with Crippen LogP contribution in [-0.4, -0.2) is 44.2 Å². The number of hydrogen-bond acceptors (Lipinski definition) is 5. The number of nitrogens with zero attached hydrogens (tertiary/aromatic N) is 1. The fourth-order valence-electron chi connectivity index (χ4n) is 3.55. The minimum absolute atomic E-state index is 0.0927. The van der Waals surface area contributed by atoms with Crippen LogP contribution in [0.4, 0.5) is 4.79 Å². The molecule has 1 saturated heterocycles. The Kier molecular flexibility index (Phi) is 4.55. The summed E-state index contributed by atoms with van der Waals surface area (Å²) in [6, 6.07) is 12.2. The van der Waals surface area contributed by atoms with Crippen LogP contribution in [0.15, 0.2) is 53.4 Å². The normalized spacial score (nSPS) is 21.4. The molecular formula is C19H17ClN2O5S. The molecule has 2 aliphatic rings. The molecule has 7 nitrogen and oxygen atoms in total. The number of rotatable bonds is 4. The Balaban J connectivity index is 1.57. The third-order valence-corrected chi connectivity index (χ3v) is 6.98. The quantitative estimate of drug-likeness (QED) is 0.766. The fraction of sp³-hybridized carbons (Fsp3) is 0.263. The number of hydrogen-bond donors (Lipinski definition) is 1. The van der Waals surface area contributed by atoms with Crippen molar-refractivity contribution in [3.05, 3.63) is 59.1 Å². The van der Waals surface area contributed by atoms with Gasteiger partial charge in [-0.25, -0.2) is 13.2 Å². The molecule has 1 N–H and O–H groups in total. The van der Waals surface area contributed by atoms with Crippen molar-refractivity contribution >= 4 is 33.4 Å². The molecule has 3 amide bonds. The number of carbonyl (C=O) groups is 2. The predicted molar refractivity (Wildman–Crippen MR) is 102 cm³/mol. The summed E-state index contributed by atoms with van der Waals surface area (Å²) in [5.41, 5.74) is -0.627. The molecule has 9 heteroatoms. The Hall–Kier alpha value is -2.58. The van der Waals surface area contributed by atoms with Gasteiger partial charge in [-0.1, -0.05) is 29.8 Å². The Morgan fingerprint density at radius 3 is 2.57 bits per heavy atom. The first-order chi connectivity index (χ1) is 13.3. The largest absolute Gasteiger partial charge is 0.493 e. The average molecular weight is 421 g/mol. The Morgan fingerprint density at radius 2 is 1.82 bits per heavy atom. The second-order valence-electron chi connectivity index (χ2n) is 6.66. The molecule has 2 aromatic rings. The van der Waals surface area contributed by atoms with Crippen LogP contribution in [0.1, 0.15) is 12.0 Å². The van der Waals surface area contributed by atoms with Crippen LogP contribution in [0.2, 0.25) is 5.02 Å². The maximum absolute atomic E-state index is 13.1. The van der Waals surface area contributed by atoms with E-state index in [1.54, 1.807) is 24.3 Å². The van der Waals surface area contributed by atoms with Crippen LogP contribution in [0.25, 0.3) is 0 Å². The van der Waals surface area contributed by atoms with E-state index in [-0.39, 0.29) is 30.2 Å². The smallest absolute Gasteiger partial charge is 0.325 e. The first-order valence-electron chi connectivity index (χ1n) is 8.68. The Labute approximate surface area is 167 Å². The van der Waals surface area contributed by atoms with Crippen molar-refractivity contribution in [3.8, 4) is 5.75 Å². The second-order valence-corrected chi connectivity index (χ2v) is 9.21. The summed E-state index contributed by atoms with van der Waals surface area (Å²) < 4.78 is 30.7. The predicted octanol–water partition coefficient (Wildman–Crippen LogP) is 2.34.